The number of hydrogen-bond acceptors (Lipinski definition) is 4. The Morgan fingerprint density at radius 3 is 2.62 bits per heavy atom. The fourth-order valence-corrected chi connectivity index (χ4v) is 4.86. The highest BCUT2D eigenvalue weighted by Crippen LogP contribution is 2.38. The standard InChI is InChI=1S/C20H22ClN2O2S/c1-2-25-18-10-8-17(9-11-18)22-14-20(24,15-4-6-16(21)7-5-15)23-12-3-13-26-19(22)23/h4-11,24H,2-3,12-14H2,1H3/q+1. The number of anilines is 1. The predicted molar refractivity (Wildman–Crippen MR) is 108 cm³/mol. The molecule has 0 saturated carbocycles. The Hall–Kier alpha value is -1.69. The minimum atomic E-state index is -1.05. The van der Waals surface area contributed by atoms with Crippen LogP contribution in [0, 0.1) is 0 Å². The molecule has 2 aliphatic rings. The smallest absolute Gasteiger partial charge is 0.316 e. The quantitative estimate of drug-likeness (QED) is 0.804. The average Bonchev–Trinajstić information content (AvgIpc) is 2.98. The number of thioether (sulfide) groups is 1. The van der Waals surface area contributed by atoms with E-state index in [0.717, 1.165) is 40.9 Å². The molecule has 0 radical (unpaired) electrons. The average molecular weight is 390 g/mol. The molecule has 0 saturated heterocycles. The van der Waals surface area contributed by atoms with E-state index in [1.165, 1.54) is 0 Å². The minimum absolute atomic E-state index is 0.491. The molecule has 2 heterocycles. The van der Waals surface area contributed by atoms with Crippen LogP contribution in [0.15, 0.2) is 48.5 Å². The van der Waals surface area contributed by atoms with E-state index in [1.54, 1.807) is 11.8 Å². The molecule has 4 rings (SSSR count). The molecule has 1 unspecified atom stereocenters. The number of benzene rings is 2. The lowest BCUT2D eigenvalue weighted by Crippen LogP contribution is -2.41. The lowest BCUT2D eigenvalue weighted by atomic mass is 10.0. The Balaban J connectivity index is 1.71. The summed E-state index contributed by atoms with van der Waals surface area (Å²) in [6.45, 7) is 3.97. The second-order valence-corrected chi connectivity index (χ2v) is 7.97. The Morgan fingerprint density at radius 2 is 1.92 bits per heavy atom. The van der Waals surface area contributed by atoms with Crippen LogP contribution in [0.5, 0.6) is 5.75 Å². The number of ether oxygens (including phenoxy) is 1. The van der Waals surface area contributed by atoms with Crippen LogP contribution in [0.4, 0.5) is 5.69 Å². The van der Waals surface area contributed by atoms with Crippen molar-refractivity contribution in [1.29, 1.82) is 0 Å². The van der Waals surface area contributed by atoms with E-state index in [0.29, 0.717) is 18.2 Å². The maximum Gasteiger partial charge on any atom is 0.316 e. The van der Waals surface area contributed by atoms with Gasteiger partial charge in [-0.3, -0.25) is 0 Å². The van der Waals surface area contributed by atoms with Crippen LogP contribution < -0.4 is 9.64 Å². The van der Waals surface area contributed by atoms with Crippen LogP contribution >= 0.6 is 23.4 Å². The highest BCUT2D eigenvalue weighted by atomic mass is 35.5. The van der Waals surface area contributed by atoms with Crippen LogP contribution in [0.2, 0.25) is 5.02 Å². The predicted octanol–water partition coefficient (Wildman–Crippen LogP) is 3.91. The molecular weight excluding hydrogens is 368 g/mol. The third kappa shape index (κ3) is 3.08. The number of halogens is 1. The molecule has 2 aromatic carbocycles. The molecule has 136 valence electrons. The summed E-state index contributed by atoms with van der Waals surface area (Å²) in [5.74, 6) is 1.93. The summed E-state index contributed by atoms with van der Waals surface area (Å²) in [6, 6.07) is 15.6. The molecule has 0 aliphatic carbocycles. The third-order valence-electron chi connectivity index (χ3n) is 4.81. The number of aliphatic hydroxyl groups is 1. The topological polar surface area (TPSA) is 35.7 Å². The highest BCUT2D eigenvalue weighted by Gasteiger charge is 2.53. The largest absolute Gasteiger partial charge is 0.494 e. The van der Waals surface area contributed by atoms with Gasteiger partial charge in [0.05, 0.1) is 13.2 Å². The van der Waals surface area contributed by atoms with Crippen molar-refractivity contribution in [2.45, 2.75) is 19.1 Å². The van der Waals surface area contributed by atoms with Crippen molar-refractivity contribution in [1.82, 2.24) is 0 Å². The second-order valence-electron chi connectivity index (χ2n) is 6.47. The monoisotopic (exact) mass is 389 g/mol. The van der Waals surface area contributed by atoms with Crippen molar-refractivity contribution >= 4 is 34.2 Å². The first-order valence-corrected chi connectivity index (χ1v) is 10.2. The van der Waals surface area contributed by atoms with E-state index < -0.39 is 5.72 Å². The molecule has 26 heavy (non-hydrogen) atoms. The fraction of sp³-hybridized carbons (Fsp3) is 0.350. The Labute approximate surface area is 163 Å². The molecule has 4 nitrogen and oxygen atoms in total. The van der Waals surface area contributed by atoms with Gasteiger partial charge in [0.25, 0.3) is 5.72 Å². The van der Waals surface area contributed by atoms with Gasteiger partial charge in [0.1, 0.15) is 11.4 Å². The van der Waals surface area contributed by atoms with Gasteiger partial charge in [0.15, 0.2) is 6.54 Å². The Kier molecular flexibility index (Phi) is 4.86. The summed E-state index contributed by atoms with van der Waals surface area (Å²) >= 11 is 7.84. The first-order valence-electron chi connectivity index (χ1n) is 8.88. The molecule has 6 heteroatoms. The van der Waals surface area contributed by atoms with Gasteiger partial charge in [0, 0.05) is 16.3 Å². The molecule has 0 spiro atoms. The number of hydrogen-bond donors (Lipinski definition) is 1. The summed E-state index contributed by atoms with van der Waals surface area (Å²) in [5, 5.41) is 13.4. The molecule has 0 amide bonds. The summed E-state index contributed by atoms with van der Waals surface area (Å²) in [5.41, 5.74) is 0.884. The Morgan fingerprint density at radius 1 is 1.19 bits per heavy atom. The van der Waals surface area contributed by atoms with Gasteiger partial charge in [-0.25, -0.2) is 9.48 Å². The molecule has 1 N–H and O–H groups in total. The van der Waals surface area contributed by atoms with Crippen molar-refractivity contribution in [2.24, 2.45) is 0 Å². The van der Waals surface area contributed by atoms with Gasteiger partial charge < -0.3 is 9.84 Å². The van der Waals surface area contributed by atoms with E-state index in [4.69, 9.17) is 16.3 Å². The van der Waals surface area contributed by atoms with E-state index >= 15 is 0 Å². The maximum absolute atomic E-state index is 11.6. The van der Waals surface area contributed by atoms with Crippen molar-refractivity contribution in [3.05, 3.63) is 59.1 Å². The summed E-state index contributed by atoms with van der Waals surface area (Å²) in [6.07, 6.45) is 1.06. The summed E-state index contributed by atoms with van der Waals surface area (Å²) < 4.78 is 7.67. The zero-order chi connectivity index (χ0) is 18.1. The van der Waals surface area contributed by atoms with Gasteiger partial charge in [-0.05, 0) is 61.5 Å². The zero-order valence-electron chi connectivity index (χ0n) is 14.7. The van der Waals surface area contributed by atoms with Crippen LogP contribution in [-0.2, 0) is 5.72 Å². The number of rotatable bonds is 4. The molecule has 2 aromatic rings. The first-order chi connectivity index (χ1) is 12.6. The Bertz CT molecular complexity index is 823. The fourth-order valence-electron chi connectivity index (χ4n) is 3.55. The lowest BCUT2D eigenvalue weighted by Gasteiger charge is -2.24. The van der Waals surface area contributed by atoms with E-state index in [2.05, 4.69) is 21.6 Å². The van der Waals surface area contributed by atoms with Gasteiger partial charge in [-0.1, -0.05) is 23.7 Å². The maximum atomic E-state index is 11.6. The summed E-state index contributed by atoms with van der Waals surface area (Å²) in [7, 11) is 0. The summed E-state index contributed by atoms with van der Waals surface area (Å²) in [4.78, 5) is 2.20. The number of amidine groups is 1. The van der Waals surface area contributed by atoms with E-state index in [-0.39, 0.29) is 0 Å². The van der Waals surface area contributed by atoms with Gasteiger partial charge >= 0.3 is 5.17 Å². The molecule has 0 fully saturated rings. The van der Waals surface area contributed by atoms with Crippen molar-refractivity contribution < 1.29 is 14.4 Å². The molecule has 0 aromatic heterocycles. The van der Waals surface area contributed by atoms with Crippen LogP contribution in [0.1, 0.15) is 18.9 Å². The van der Waals surface area contributed by atoms with Gasteiger partial charge in [-0.15, -0.1) is 0 Å². The minimum Gasteiger partial charge on any atom is -0.494 e. The normalized spacial score (nSPS) is 22.5. The molecule has 2 aliphatic heterocycles. The first kappa shape index (κ1) is 17.7. The van der Waals surface area contributed by atoms with Crippen LogP contribution in [0.25, 0.3) is 0 Å². The number of nitrogens with zero attached hydrogens (tertiary/aromatic N) is 2. The zero-order valence-corrected chi connectivity index (χ0v) is 16.3. The molecule has 1 atom stereocenters. The van der Waals surface area contributed by atoms with Crippen molar-refractivity contribution in [3.8, 4) is 5.75 Å². The van der Waals surface area contributed by atoms with Crippen LogP contribution in [-0.4, -0.2) is 40.3 Å². The van der Waals surface area contributed by atoms with Gasteiger partial charge in [0.2, 0.25) is 0 Å². The highest BCUT2D eigenvalue weighted by molar-refractivity contribution is 8.13. The SMILES string of the molecule is CCOc1ccc(N2CC(O)(c3ccc(Cl)cc3)[N+]3=C2SCCC3)cc1. The lowest BCUT2D eigenvalue weighted by molar-refractivity contribution is -0.656. The van der Waals surface area contributed by atoms with E-state index in [9.17, 15) is 5.11 Å². The number of β-amino-alcohol motifs (C(OH)–C–C–N with tert-alkyl or cyclic N) is 1. The van der Waals surface area contributed by atoms with Crippen LogP contribution in [0.3, 0.4) is 0 Å². The molecule has 0 bridgehead atoms. The third-order valence-corrected chi connectivity index (χ3v) is 6.25. The van der Waals surface area contributed by atoms with E-state index in [1.807, 2.05) is 43.3 Å². The second kappa shape index (κ2) is 7.14. The van der Waals surface area contributed by atoms with Crippen molar-refractivity contribution in [3.63, 3.8) is 0 Å². The van der Waals surface area contributed by atoms with Gasteiger partial charge in [-0.2, -0.15) is 0 Å². The van der Waals surface area contributed by atoms with Crippen molar-refractivity contribution in [2.75, 3.05) is 30.3 Å². The molecular formula is C20H22ClN2O2S+.